The van der Waals surface area contributed by atoms with E-state index in [0.29, 0.717) is 24.2 Å². The Kier molecular flexibility index (Phi) is 7.92. The highest BCUT2D eigenvalue weighted by molar-refractivity contribution is 5.38. The van der Waals surface area contributed by atoms with Crippen molar-refractivity contribution < 1.29 is 15.3 Å². The van der Waals surface area contributed by atoms with Gasteiger partial charge in [0.2, 0.25) is 0 Å². The number of rotatable bonds is 7. The third-order valence-corrected chi connectivity index (χ3v) is 8.93. The first-order chi connectivity index (χ1) is 14.6. The number of allylic oxidation sites excluding steroid dienone is 3. The fourth-order valence-corrected chi connectivity index (χ4v) is 6.86. The van der Waals surface area contributed by atoms with Crippen molar-refractivity contribution in [2.45, 2.75) is 104 Å². The normalized spacial score (nSPS) is 38.0. The molecular formula is C28H46O3. The molecule has 0 spiro atoms. The summed E-state index contributed by atoms with van der Waals surface area (Å²) in [5, 5.41) is 29.7. The maximum atomic E-state index is 10.1. The highest BCUT2D eigenvalue weighted by atomic mass is 16.3. The minimum absolute atomic E-state index is 0.0420. The van der Waals surface area contributed by atoms with Crippen molar-refractivity contribution in [2.75, 3.05) is 6.61 Å². The van der Waals surface area contributed by atoms with E-state index in [9.17, 15) is 15.3 Å². The molecule has 3 N–H and O–H groups in total. The van der Waals surface area contributed by atoms with Gasteiger partial charge in [-0.3, -0.25) is 0 Å². The lowest BCUT2D eigenvalue weighted by atomic mass is 9.60. The lowest BCUT2D eigenvalue weighted by Crippen LogP contribution is -2.36. The van der Waals surface area contributed by atoms with Crippen LogP contribution in [0.25, 0.3) is 0 Å². The van der Waals surface area contributed by atoms with Gasteiger partial charge >= 0.3 is 0 Å². The van der Waals surface area contributed by atoms with Crippen molar-refractivity contribution in [3.63, 3.8) is 0 Å². The average Bonchev–Trinajstić information content (AvgIpc) is 3.07. The van der Waals surface area contributed by atoms with Gasteiger partial charge < -0.3 is 15.3 Å². The van der Waals surface area contributed by atoms with Crippen LogP contribution >= 0.6 is 0 Å². The minimum Gasteiger partial charge on any atom is -0.396 e. The van der Waals surface area contributed by atoms with Crippen LogP contribution in [0, 0.1) is 28.6 Å². The van der Waals surface area contributed by atoms with Crippen LogP contribution in [-0.2, 0) is 0 Å². The van der Waals surface area contributed by atoms with Gasteiger partial charge in [-0.05, 0) is 84.7 Å². The largest absolute Gasteiger partial charge is 0.396 e. The van der Waals surface area contributed by atoms with Gasteiger partial charge in [-0.2, -0.15) is 0 Å². The summed E-state index contributed by atoms with van der Waals surface area (Å²) in [6, 6.07) is 0. The molecule has 176 valence electrons. The summed E-state index contributed by atoms with van der Waals surface area (Å²) in [7, 11) is 0. The molecule has 3 saturated carbocycles. The highest BCUT2D eigenvalue weighted by Gasteiger charge is 2.50. The molecule has 0 amide bonds. The fraction of sp³-hybridized carbons (Fsp3) is 0.786. The van der Waals surface area contributed by atoms with Crippen LogP contribution in [0.3, 0.4) is 0 Å². The molecule has 3 nitrogen and oxygen atoms in total. The summed E-state index contributed by atoms with van der Waals surface area (Å²) in [4.78, 5) is 0. The Hall–Kier alpha value is -0.900. The molecular weight excluding hydrogens is 384 g/mol. The molecule has 0 unspecified atom stereocenters. The Morgan fingerprint density at radius 2 is 1.97 bits per heavy atom. The Labute approximate surface area is 190 Å². The van der Waals surface area contributed by atoms with Gasteiger partial charge in [0.15, 0.2) is 0 Å². The van der Waals surface area contributed by atoms with Crippen molar-refractivity contribution in [2.24, 2.45) is 28.6 Å². The predicted molar refractivity (Wildman–Crippen MR) is 129 cm³/mol. The van der Waals surface area contributed by atoms with Gasteiger partial charge in [-0.15, -0.1) is 0 Å². The first-order valence-corrected chi connectivity index (χ1v) is 12.6. The molecule has 0 bridgehead atoms. The Morgan fingerprint density at radius 3 is 2.68 bits per heavy atom. The third kappa shape index (κ3) is 5.54. The third-order valence-electron chi connectivity index (χ3n) is 8.93. The number of fused-ring (bicyclic) bond motifs is 1. The average molecular weight is 431 g/mol. The summed E-state index contributed by atoms with van der Waals surface area (Å²) >= 11 is 0. The lowest BCUT2D eigenvalue weighted by Gasteiger charge is -2.44. The molecule has 3 aliphatic rings. The number of aliphatic hydroxyl groups excluding tert-OH is 3. The zero-order valence-electron chi connectivity index (χ0n) is 20.4. The van der Waals surface area contributed by atoms with Crippen LogP contribution < -0.4 is 0 Å². The monoisotopic (exact) mass is 430 g/mol. The molecule has 3 aliphatic carbocycles. The fourth-order valence-electron chi connectivity index (χ4n) is 6.86. The number of aliphatic hydroxyl groups is 3. The SMILES string of the molecule is C=C1/C(=C\C=C2/CCC[C@]3(C)[C@@H]([C@H](C)CCCC(C)(C)CO)CC[C@@H]23)C[C@@H](O)C[C@@H]1O. The van der Waals surface area contributed by atoms with Crippen LogP contribution in [-0.4, -0.2) is 34.1 Å². The molecule has 0 heterocycles. The lowest BCUT2D eigenvalue weighted by molar-refractivity contribution is 0.0860. The molecule has 0 radical (unpaired) electrons. The Morgan fingerprint density at radius 1 is 1.23 bits per heavy atom. The smallest absolute Gasteiger partial charge is 0.0811 e. The molecule has 0 aliphatic heterocycles. The Balaban J connectivity index is 1.68. The first kappa shape index (κ1) is 24.7. The van der Waals surface area contributed by atoms with Gasteiger partial charge in [0.1, 0.15) is 0 Å². The van der Waals surface area contributed by atoms with Crippen LogP contribution in [0.4, 0.5) is 0 Å². The van der Waals surface area contributed by atoms with Crippen LogP contribution in [0.1, 0.15) is 91.9 Å². The second-order valence-corrected chi connectivity index (χ2v) is 11.9. The van der Waals surface area contributed by atoms with Gasteiger partial charge in [0, 0.05) is 13.0 Å². The molecule has 0 aromatic carbocycles. The van der Waals surface area contributed by atoms with Crippen molar-refractivity contribution in [1.82, 2.24) is 0 Å². The molecule has 6 atom stereocenters. The predicted octanol–water partition coefficient (Wildman–Crippen LogP) is 5.95. The quantitative estimate of drug-likeness (QED) is 0.467. The molecule has 31 heavy (non-hydrogen) atoms. The molecule has 3 fully saturated rings. The van der Waals surface area contributed by atoms with E-state index >= 15 is 0 Å². The molecule has 3 rings (SSSR count). The molecule has 0 aromatic heterocycles. The summed E-state index contributed by atoms with van der Waals surface area (Å²) in [5.41, 5.74) is 3.79. The van der Waals surface area contributed by atoms with E-state index in [-0.39, 0.29) is 12.0 Å². The minimum atomic E-state index is -0.613. The first-order valence-electron chi connectivity index (χ1n) is 12.6. The van der Waals surface area contributed by atoms with Gasteiger partial charge in [0.05, 0.1) is 12.2 Å². The van der Waals surface area contributed by atoms with Crippen molar-refractivity contribution >= 4 is 0 Å². The zero-order valence-corrected chi connectivity index (χ0v) is 20.4. The summed E-state index contributed by atoms with van der Waals surface area (Å²) in [5.74, 6) is 2.16. The standard InChI is InChI=1S/C28H46O3/c1-19(8-6-14-27(3,4)18-29)24-12-13-25-21(9-7-15-28(24,25)5)10-11-22-16-23(30)17-26(31)20(22)2/h10-11,19,23-26,29-31H,2,6-9,12-18H2,1,3-5H3/b21-10+,22-11-/t19-,23-,24-,25+,26+,28-/m1/s1. The van der Waals surface area contributed by atoms with Crippen molar-refractivity contribution in [3.05, 3.63) is 35.5 Å². The van der Waals surface area contributed by atoms with Crippen LogP contribution in [0.2, 0.25) is 0 Å². The summed E-state index contributed by atoms with van der Waals surface area (Å²) < 4.78 is 0. The van der Waals surface area contributed by atoms with E-state index in [2.05, 4.69) is 46.4 Å². The van der Waals surface area contributed by atoms with E-state index in [1.165, 1.54) is 44.9 Å². The van der Waals surface area contributed by atoms with Crippen molar-refractivity contribution in [3.8, 4) is 0 Å². The van der Waals surface area contributed by atoms with E-state index < -0.39 is 12.2 Å². The second kappa shape index (κ2) is 9.93. The van der Waals surface area contributed by atoms with E-state index in [1.807, 2.05) is 0 Å². The molecule has 3 heteroatoms. The van der Waals surface area contributed by atoms with Gasteiger partial charge in [0.25, 0.3) is 0 Å². The maximum Gasteiger partial charge on any atom is 0.0811 e. The highest BCUT2D eigenvalue weighted by Crippen LogP contribution is 2.60. The molecule has 0 aromatic rings. The number of hydrogen-bond donors (Lipinski definition) is 3. The Bertz CT molecular complexity index is 703. The number of hydrogen-bond acceptors (Lipinski definition) is 3. The maximum absolute atomic E-state index is 10.1. The van der Waals surface area contributed by atoms with Gasteiger partial charge in [-0.1, -0.05) is 64.8 Å². The van der Waals surface area contributed by atoms with Crippen molar-refractivity contribution in [1.29, 1.82) is 0 Å². The zero-order chi connectivity index (χ0) is 22.8. The van der Waals surface area contributed by atoms with Gasteiger partial charge in [-0.25, -0.2) is 0 Å². The topological polar surface area (TPSA) is 60.7 Å². The summed E-state index contributed by atoms with van der Waals surface area (Å²) in [6.07, 6.45) is 14.3. The van der Waals surface area contributed by atoms with E-state index in [0.717, 1.165) is 29.4 Å². The molecule has 0 saturated heterocycles. The summed E-state index contributed by atoms with van der Waals surface area (Å²) in [6.45, 7) is 13.7. The van der Waals surface area contributed by atoms with E-state index in [1.54, 1.807) is 5.57 Å². The van der Waals surface area contributed by atoms with E-state index in [4.69, 9.17) is 0 Å². The van der Waals surface area contributed by atoms with Crippen LogP contribution in [0.15, 0.2) is 35.5 Å². The second-order valence-electron chi connectivity index (χ2n) is 11.9. The van der Waals surface area contributed by atoms with Crippen LogP contribution in [0.5, 0.6) is 0 Å².